The molecular formula is C43H51F2N6O8P. The van der Waals surface area contributed by atoms with E-state index in [2.05, 4.69) is 15.4 Å². The second-order valence-electron chi connectivity index (χ2n) is 15.4. The molecule has 3 heterocycles. The minimum atomic E-state index is -3.94. The van der Waals surface area contributed by atoms with Crippen LogP contribution in [0.3, 0.4) is 0 Å². The first-order valence-electron chi connectivity index (χ1n) is 20.1. The lowest BCUT2D eigenvalue weighted by Crippen LogP contribution is -2.47. The highest BCUT2D eigenvalue weighted by Crippen LogP contribution is 2.51. The Labute approximate surface area is 347 Å². The number of imidazole rings is 1. The SMILES string of the molecule is CCOc1nc(NC(c2ccccc2)(c2ccccc2)c2ccc(OC)cc2)nc2c1ncn2[C@@H]1O[C@](F)(CO[P@@](C)(=O)N[C@@H](C)C(=O)OC2CCCCC2)[C@@H](O)[C@@]1(C)F. The van der Waals surface area contributed by atoms with Gasteiger partial charge in [-0.1, -0.05) is 79.2 Å². The number of aromatic nitrogens is 4. The Morgan fingerprint density at radius 1 is 1.00 bits per heavy atom. The summed E-state index contributed by atoms with van der Waals surface area (Å²) in [5.41, 5.74) is -1.35. The Bertz CT molecular complexity index is 2260. The van der Waals surface area contributed by atoms with Gasteiger partial charge in [0, 0.05) is 6.66 Å². The molecule has 5 aromatic rings. The topological polar surface area (TPSA) is 168 Å². The van der Waals surface area contributed by atoms with Crippen molar-refractivity contribution in [1.82, 2.24) is 24.6 Å². The van der Waals surface area contributed by atoms with Crippen molar-refractivity contribution in [2.24, 2.45) is 0 Å². The lowest BCUT2D eigenvalue weighted by atomic mass is 9.77. The number of aliphatic hydroxyl groups is 1. The third kappa shape index (κ3) is 8.62. The molecule has 60 heavy (non-hydrogen) atoms. The highest BCUT2D eigenvalue weighted by Gasteiger charge is 2.65. The molecule has 320 valence electrons. The van der Waals surface area contributed by atoms with Crippen LogP contribution in [0.4, 0.5) is 14.7 Å². The molecule has 6 atom stereocenters. The Hall–Kier alpha value is -4.99. The van der Waals surface area contributed by atoms with E-state index in [4.69, 9.17) is 33.4 Å². The van der Waals surface area contributed by atoms with Crippen molar-refractivity contribution in [1.29, 1.82) is 0 Å². The molecule has 1 aliphatic carbocycles. The molecule has 17 heteroatoms. The summed E-state index contributed by atoms with van der Waals surface area (Å²) >= 11 is 0. The Kier molecular flexibility index (Phi) is 12.6. The maximum atomic E-state index is 16.8. The number of nitrogens with one attached hydrogen (secondary N) is 2. The number of carbonyl (C=O) groups is 1. The van der Waals surface area contributed by atoms with Gasteiger partial charge in [-0.2, -0.15) is 9.97 Å². The van der Waals surface area contributed by atoms with Crippen LogP contribution in [0.15, 0.2) is 91.3 Å². The fraction of sp³-hybridized carbons (Fsp3) is 0.442. The van der Waals surface area contributed by atoms with Gasteiger partial charge >= 0.3 is 5.97 Å². The Balaban J connectivity index is 1.21. The van der Waals surface area contributed by atoms with Crippen LogP contribution in [-0.2, 0) is 28.9 Å². The number of benzene rings is 3. The molecule has 3 aromatic carbocycles. The van der Waals surface area contributed by atoms with Gasteiger partial charge < -0.3 is 33.9 Å². The number of nitrogens with zero attached hydrogens (tertiary/aromatic N) is 4. The average Bonchev–Trinajstić information content (AvgIpc) is 3.75. The number of aliphatic hydroxyl groups excluding tert-OH is 1. The predicted molar refractivity (Wildman–Crippen MR) is 220 cm³/mol. The zero-order chi connectivity index (χ0) is 42.7. The van der Waals surface area contributed by atoms with E-state index in [-0.39, 0.29) is 35.7 Å². The average molecular weight is 849 g/mol. The number of fused-ring (bicyclic) bond motifs is 1. The number of ether oxygens (including phenoxy) is 4. The summed E-state index contributed by atoms with van der Waals surface area (Å²) in [7, 11) is -2.35. The first-order valence-corrected chi connectivity index (χ1v) is 22.1. The van der Waals surface area contributed by atoms with E-state index in [1.54, 1.807) is 14.0 Å². The van der Waals surface area contributed by atoms with Gasteiger partial charge in [-0.05, 0) is 75.3 Å². The maximum absolute atomic E-state index is 16.8. The van der Waals surface area contributed by atoms with Gasteiger partial charge in [0.1, 0.15) is 30.0 Å². The van der Waals surface area contributed by atoms with Crippen LogP contribution in [0.5, 0.6) is 11.6 Å². The molecule has 1 saturated heterocycles. The molecule has 0 spiro atoms. The standard InChI is InChI=1S/C43H51F2N6O8P/c1-6-56-36-34-35(47-40(48-36)49-43(29-16-10-7-11-17-29,30-18-12-8-13-19-30)31-22-24-32(55-4)25-23-31)51(27-46-34)39-41(3,44)38(53)42(45,59-39)26-57-60(5,54)50-28(2)37(52)58-33-20-14-9-15-21-33/h7-8,10-13,16-19,22-25,27-28,33,38-39,53H,6,9,14-15,20-21,26H2,1-5H3,(H,50,54)(H,47,48,49)/t28-,38-,39+,41+,42+,60+/m0/s1. The summed E-state index contributed by atoms with van der Waals surface area (Å²) in [6.45, 7) is 4.39. The van der Waals surface area contributed by atoms with Crippen LogP contribution < -0.4 is 19.9 Å². The van der Waals surface area contributed by atoms with Crippen LogP contribution in [0.1, 0.15) is 75.8 Å². The zero-order valence-corrected chi connectivity index (χ0v) is 35.1. The highest BCUT2D eigenvalue weighted by atomic mass is 31.2. The second-order valence-corrected chi connectivity index (χ2v) is 17.6. The summed E-state index contributed by atoms with van der Waals surface area (Å²) in [5.74, 6) is -3.08. The number of hydrogen-bond acceptors (Lipinski definition) is 12. The van der Waals surface area contributed by atoms with Crippen LogP contribution in [0.2, 0.25) is 0 Å². The minimum Gasteiger partial charge on any atom is -0.497 e. The fourth-order valence-corrected chi connectivity index (χ4v) is 9.23. The molecule has 1 aliphatic heterocycles. The zero-order valence-electron chi connectivity index (χ0n) is 34.2. The van der Waals surface area contributed by atoms with Crippen LogP contribution in [0.25, 0.3) is 11.2 Å². The van der Waals surface area contributed by atoms with Crippen molar-refractivity contribution in [2.45, 2.75) is 94.4 Å². The fourth-order valence-electron chi connectivity index (χ4n) is 7.92. The quantitative estimate of drug-likeness (QED) is 0.0505. The van der Waals surface area contributed by atoms with Crippen molar-refractivity contribution < 1.29 is 46.7 Å². The van der Waals surface area contributed by atoms with E-state index in [0.29, 0.717) is 5.75 Å². The molecule has 2 fully saturated rings. The summed E-state index contributed by atoms with van der Waals surface area (Å²) in [6.07, 6.45) is 1.16. The third-order valence-electron chi connectivity index (χ3n) is 11.0. The van der Waals surface area contributed by atoms with Crippen molar-refractivity contribution >= 4 is 30.6 Å². The van der Waals surface area contributed by atoms with Gasteiger partial charge in [-0.3, -0.25) is 13.9 Å². The van der Waals surface area contributed by atoms with E-state index in [9.17, 15) is 14.5 Å². The molecule has 0 amide bonds. The van der Waals surface area contributed by atoms with Gasteiger partial charge in [0.15, 0.2) is 29.2 Å². The van der Waals surface area contributed by atoms with Crippen LogP contribution >= 0.6 is 7.52 Å². The number of methoxy groups -OCH3 is 1. The summed E-state index contributed by atoms with van der Waals surface area (Å²) in [4.78, 5) is 26.7. The van der Waals surface area contributed by atoms with Gasteiger partial charge in [0.2, 0.25) is 11.8 Å². The van der Waals surface area contributed by atoms with E-state index in [1.807, 2.05) is 84.9 Å². The third-order valence-corrected chi connectivity index (χ3v) is 12.5. The first-order chi connectivity index (χ1) is 28.7. The van der Waals surface area contributed by atoms with Gasteiger partial charge in [0.05, 0.1) is 20.0 Å². The molecule has 0 bridgehead atoms. The number of carbonyl (C=O) groups excluding carboxylic acids is 1. The molecule has 1 saturated carbocycles. The van der Waals surface area contributed by atoms with Crippen molar-refractivity contribution in [3.8, 4) is 11.6 Å². The normalized spacial score (nSPS) is 23.8. The number of alkyl halides is 2. The number of rotatable bonds is 16. The van der Waals surface area contributed by atoms with Gasteiger partial charge in [0.25, 0.3) is 13.4 Å². The number of esters is 1. The Morgan fingerprint density at radius 3 is 2.22 bits per heavy atom. The van der Waals surface area contributed by atoms with Crippen LogP contribution in [0, 0.1) is 0 Å². The minimum absolute atomic E-state index is 0.0000746. The highest BCUT2D eigenvalue weighted by molar-refractivity contribution is 7.56. The lowest BCUT2D eigenvalue weighted by molar-refractivity contribution is -0.202. The second kappa shape index (κ2) is 17.5. The predicted octanol–water partition coefficient (Wildman–Crippen LogP) is 7.61. The van der Waals surface area contributed by atoms with Crippen molar-refractivity contribution in [2.75, 3.05) is 32.3 Å². The smallest absolute Gasteiger partial charge is 0.323 e. The Morgan fingerprint density at radius 2 is 1.62 bits per heavy atom. The number of halogens is 2. The first kappa shape index (κ1) is 43.1. The van der Waals surface area contributed by atoms with E-state index >= 15 is 8.78 Å². The van der Waals surface area contributed by atoms with E-state index in [0.717, 1.165) is 67.0 Å². The summed E-state index contributed by atoms with van der Waals surface area (Å²) in [5, 5.41) is 17.3. The van der Waals surface area contributed by atoms with Crippen LogP contribution in [-0.4, -0.2) is 87.4 Å². The molecule has 0 unspecified atom stereocenters. The van der Waals surface area contributed by atoms with Gasteiger partial charge in [-0.25, -0.2) is 18.9 Å². The molecule has 0 radical (unpaired) electrons. The largest absolute Gasteiger partial charge is 0.497 e. The van der Waals surface area contributed by atoms with Gasteiger partial charge in [-0.15, -0.1) is 0 Å². The number of anilines is 1. The summed E-state index contributed by atoms with van der Waals surface area (Å²) < 4.78 is 76.2. The molecule has 2 aliphatic rings. The van der Waals surface area contributed by atoms with E-state index in [1.165, 1.54) is 13.3 Å². The lowest BCUT2D eigenvalue weighted by Gasteiger charge is -2.37. The monoisotopic (exact) mass is 848 g/mol. The van der Waals surface area contributed by atoms with E-state index < -0.39 is 55.5 Å². The summed E-state index contributed by atoms with van der Waals surface area (Å²) in [6, 6.07) is 25.9. The molecule has 14 nitrogen and oxygen atoms in total. The maximum Gasteiger partial charge on any atom is 0.323 e. The van der Waals surface area contributed by atoms with Crippen molar-refractivity contribution in [3.05, 3.63) is 108 Å². The molecule has 7 rings (SSSR count). The number of hydrogen-bond donors (Lipinski definition) is 3. The molecule has 3 N–H and O–H groups in total. The molecular weight excluding hydrogens is 797 g/mol. The molecule has 2 aromatic heterocycles. The van der Waals surface area contributed by atoms with Crippen molar-refractivity contribution in [3.63, 3.8) is 0 Å².